The first-order valence-electron chi connectivity index (χ1n) is 6.82. The number of pyridine rings is 1. The molecule has 0 amide bonds. The van der Waals surface area contributed by atoms with Gasteiger partial charge in [0.1, 0.15) is 5.03 Å². The number of aromatic nitrogens is 3. The lowest BCUT2D eigenvalue weighted by Crippen LogP contribution is -2.05. The van der Waals surface area contributed by atoms with Crippen LogP contribution >= 0.6 is 11.8 Å². The van der Waals surface area contributed by atoms with E-state index in [-0.39, 0.29) is 0 Å². The Bertz CT molecular complexity index is 773. The third kappa shape index (κ3) is 3.20. The minimum absolute atomic E-state index is 0.599. The van der Waals surface area contributed by atoms with Gasteiger partial charge in [0, 0.05) is 17.3 Å². The monoisotopic (exact) mass is 296 g/mol. The van der Waals surface area contributed by atoms with Gasteiger partial charge >= 0.3 is 0 Å². The summed E-state index contributed by atoms with van der Waals surface area (Å²) in [6.07, 6.45) is 2.57. The number of para-hydroxylation sites is 1. The molecule has 0 aliphatic heterocycles. The Morgan fingerprint density at radius 1 is 1.14 bits per heavy atom. The number of fused-ring (bicyclic) bond motifs is 1. The maximum Gasteiger partial charge on any atom is 0.194 e. The summed E-state index contributed by atoms with van der Waals surface area (Å²) in [6.45, 7) is 2.56. The van der Waals surface area contributed by atoms with Crippen molar-refractivity contribution in [3.63, 3.8) is 0 Å². The molecule has 2 heterocycles. The standard InChI is InChI=1S/C16H16N4S/c1-11-7-9-18-16(19-11)21-15-13(6-8-17)10-12-4-2-3-5-14(12)20-15/h2-5,7,9-10H,6,8,17H2,1H3. The largest absolute Gasteiger partial charge is 0.330 e. The van der Waals surface area contributed by atoms with Gasteiger partial charge in [0.15, 0.2) is 5.16 Å². The maximum absolute atomic E-state index is 5.72. The van der Waals surface area contributed by atoms with Crippen molar-refractivity contribution in [3.8, 4) is 0 Å². The van der Waals surface area contributed by atoms with Crippen molar-refractivity contribution in [3.05, 3.63) is 53.9 Å². The van der Waals surface area contributed by atoms with Gasteiger partial charge in [0.2, 0.25) is 0 Å². The van der Waals surface area contributed by atoms with Gasteiger partial charge < -0.3 is 5.73 Å². The first-order chi connectivity index (χ1) is 10.3. The fraction of sp³-hybridized carbons (Fsp3) is 0.188. The minimum Gasteiger partial charge on any atom is -0.330 e. The molecule has 0 fully saturated rings. The van der Waals surface area contributed by atoms with E-state index in [4.69, 9.17) is 10.7 Å². The van der Waals surface area contributed by atoms with Crippen LogP contribution in [0.15, 0.2) is 52.8 Å². The third-order valence-corrected chi connectivity index (χ3v) is 4.06. The second-order valence-corrected chi connectivity index (χ2v) is 5.72. The Hall–Kier alpha value is -1.98. The normalized spacial score (nSPS) is 11.0. The number of hydrogen-bond donors (Lipinski definition) is 1. The first-order valence-corrected chi connectivity index (χ1v) is 7.64. The van der Waals surface area contributed by atoms with Crippen molar-refractivity contribution in [2.45, 2.75) is 23.5 Å². The predicted octanol–water partition coefficient (Wildman–Crippen LogP) is 2.99. The smallest absolute Gasteiger partial charge is 0.194 e. The van der Waals surface area contributed by atoms with E-state index in [0.29, 0.717) is 6.54 Å². The summed E-state index contributed by atoms with van der Waals surface area (Å²) < 4.78 is 0. The molecule has 0 aliphatic carbocycles. The van der Waals surface area contributed by atoms with Crippen molar-refractivity contribution in [2.24, 2.45) is 5.73 Å². The van der Waals surface area contributed by atoms with E-state index in [9.17, 15) is 0 Å². The highest BCUT2D eigenvalue weighted by Crippen LogP contribution is 2.29. The van der Waals surface area contributed by atoms with Crippen LogP contribution in [0.1, 0.15) is 11.3 Å². The van der Waals surface area contributed by atoms with Crippen LogP contribution in [0.4, 0.5) is 0 Å². The van der Waals surface area contributed by atoms with E-state index in [0.717, 1.165) is 38.8 Å². The fourth-order valence-electron chi connectivity index (χ4n) is 2.13. The molecule has 21 heavy (non-hydrogen) atoms. The summed E-state index contributed by atoms with van der Waals surface area (Å²) in [6, 6.07) is 12.1. The number of benzene rings is 1. The lowest BCUT2D eigenvalue weighted by Gasteiger charge is -2.09. The molecule has 2 N–H and O–H groups in total. The van der Waals surface area contributed by atoms with E-state index in [1.807, 2.05) is 31.2 Å². The van der Waals surface area contributed by atoms with Crippen LogP contribution in [0.25, 0.3) is 10.9 Å². The summed E-state index contributed by atoms with van der Waals surface area (Å²) in [4.78, 5) is 13.5. The van der Waals surface area contributed by atoms with Crippen LogP contribution < -0.4 is 5.73 Å². The molecule has 0 radical (unpaired) electrons. The number of rotatable bonds is 4. The Morgan fingerprint density at radius 3 is 2.81 bits per heavy atom. The summed E-state index contributed by atoms with van der Waals surface area (Å²) in [5, 5.41) is 2.79. The van der Waals surface area contributed by atoms with Gasteiger partial charge in [-0.3, -0.25) is 0 Å². The number of hydrogen-bond acceptors (Lipinski definition) is 5. The predicted molar refractivity (Wildman–Crippen MR) is 85.4 cm³/mol. The van der Waals surface area contributed by atoms with Crippen LogP contribution in [0.5, 0.6) is 0 Å². The Balaban J connectivity index is 2.04. The van der Waals surface area contributed by atoms with E-state index in [1.54, 1.807) is 6.20 Å². The van der Waals surface area contributed by atoms with E-state index in [1.165, 1.54) is 11.8 Å². The molecule has 0 saturated heterocycles. The lowest BCUT2D eigenvalue weighted by atomic mass is 10.1. The molecule has 0 unspecified atom stereocenters. The van der Waals surface area contributed by atoms with Gasteiger partial charge in [-0.25, -0.2) is 15.0 Å². The fourth-order valence-corrected chi connectivity index (χ4v) is 3.04. The number of nitrogens with zero attached hydrogens (tertiary/aromatic N) is 3. The van der Waals surface area contributed by atoms with Gasteiger partial charge in [0.05, 0.1) is 5.52 Å². The molecule has 0 saturated carbocycles. The highest BCUT2D eigenvalue weighted by Gasteiger charge is 2.10. The molecule has 0 aliphatic rings. The van der Waals surface area contributed by atoms with Gasteiger partial charge in [-0.05, 0) is 55.4 Å². The Labute approximate surface area is 127 Å². The molecule has 3 aromatic rings. The topological polar surface area (TPSA) is 64.7 Å². The molecule has 5 heteroatoms. The first kappa shape index (κ1) is 14.0. The second-order valence-electron chi connectivity index (χ2n) is 4.77. The summed E-state index contributed by atoms with van der Waals surface area (Å²) in [7, 11) is 0. The van der Waals surface area contributed by atoms with Crippen molar-refractivity contribution in [2.75, 3.05) is 6.54 Å². The molecule has 3 rings (SSSR count). The summed E-state index contributed by atoms with van der Waals surface area (Å²) in [5.41, 5.74) is 8.80. The zero-order chi connectivity index (χ0) is 14.7. The van der Waals surface area contributed by atoms with Crippen LogP contribution in [0, 0.1) is 6.92 Å². The number of nitrogens with two attached hydrogens (primary N) is 1. The van der Waals surface area contributed by atoms with Gasteiger partial charge in [0.25, 0.3) is 0 Å². The molecule has 1 aromatic carbocycles. The average Bonchev–Trinajstić information content (AvgIpc) is 2.48. The molecular weight excluding hydrogens is 280 g/mol. The molecule has 0 bridgehead atoms. The van der Waals surface area contributed by atoms with E-state index in [2.05, 4.69) is 22.1 Å². The molecule has 0 atom stereocenters. The van der Waals surface area contributed by atoms with Crippen molar-refractivity contribution < 1.29 is 0 Å². The Morgan fingerprint density at radius 2 is 2.00 bits per heavy atom. The van der Waals surface area contributed by atoms with E-state index < -0.39 is 0 Å². The highest BCUT2D eigenvalue weighted by atomic mass is 32.2. The third-order valence-electron chi connectivity index (χ3n) is 3.14. The molecule has 2 aromatic heterocycles. The van der Waals surface area contributed by atoms with Gasteiger partial charge in [-0.2, -0.15) is 0 Å². The zero-order valence-corrected chi connectivity index (χ0v) is 12.6. The molecule has 0 spiro atoms. The van der Waals surface area contributed by atoms with Crippen LogP contribution in [-0.4, -0.2) is 21.5 Å². The highest BCUT2D eigenvalue weighted by molar-refractivity contribution is 7.99. The molecule has 106 valence electrons. The van der Waals surface area contributed by atoms with Crippen LogP contribution in [-0.2, 0) is 6.42 Å². The number of aryl methyl sites for hydroxylation is 1. The van der Waals surface area contributed by atoms with Crippen molar-refractivity contribution in [1.29, 1.82) is 0 Å². The molecule has 4 nitrogen and oxygen atoms in total. The van der Waals surface area contributed by atoms with Crippen molar-refractivity contribution in [1.82, 2.24) is 15.0 Å². The van der Waals surface area contributed by atoms with Crippen LogP contribution in [0.3, 0.4) is 0 Å². The molecular formula is C16H16N4S. The minimum atomic E-state index is 0.599. The van der Waals surface area contributed by atoms with E-state index >= 15 is 0 Å². The average molecular weight is 296 g/mol. The SMILES string of the molecule is Cc1ccnc(Sc2nc3ccccc3cc2CCN)n1. The van der Waals surface area contributed by atoms with Gasteiger partial charge in [-0.1, -0.05) is 18.2 Å². The Kier molecular flexibility index (Phi) is 4.13. The maximum atomic E-state index is 5.72. The van der Waals surface area contributed by atoms with Crippen LogP contribution in [0.2, 0.25) is 0 Å². The quantitative estimate of drug-likeness (QED) is 0.750. The zero-order valence-electron chi connectivity index (χ0n) is 11.8. The summed E-state index contributed by atoms with van der Waals surface area (Å²) >= 11 is 1.49. The van der Waals surface area contributed by atoms with Crippen molar-refractivity contribution >= 4 is 22.7 Å². The van der Waals surface area contributed by atoms with Gasteiger partial charge in [-0.15, -0.1) is 0 Å². The lowest BCUT2D eigenvalue weighted by molar-refractivity contribution is 0.904. The second kappa shape index (κ2) is 6.20. The summed E-state index contributed by atoms with van der Waals surface area (Å²) in [5.74, 6) is 0.